The van der Waals surface area contributed by atoms with Gasteiger partial charge >= 0.3 is 12.1 Å². The first kappa shape index (κ1) is 33.0. The Morgan fingerprint density at radius 3 is 1.93 bits per heavy atom. The molecular formula is C32H33F4N3O6. The van der Waals surface area contributed by atoms with E-state index in [0.29, 0.717) is 28.8 Å². The predicted molar refractivity (Wildman–Crippen MR) is 159 cm³/mol. The molecule has 1 aliphatic rings. The number of carbonyl (C=O) groups excluding carboxylic acids is 1. The van der Waals surface area contributed by atoms with Crippen LogP contribution in [0.15, 0.2) is 71.4 Å². The van der Waals surface area contributed by atoms with Gasteiger partial charge in [-0.15, -0.1) is 0 Å². The van der Waals surface area contributed by atoms with Gasteiger partial charge in [0.2, 0.25) is 0 Å². The van der Waals surface area contributed by atoms with Crippen molar-refractivity contribution in [1.29, 1.82) is 0 Å². The number of hydrogen-bond acceptors (Lipinski definition) is 8. The number of carbonyl (C=O) groups is 1. The van der Waals surface area contributed by atoms with Crippen molar-refractivity contribution < 1.29 is 46.0 Å². The summed E-state index contributed by atoms with van der Waals surface area (Å²) in [6.07, 6.45) is -3.57. The second-order valence-corrected chi connectivity index (χ2v) is 10.3. The molecule has 1 atom stereocenters. The summed E-state index contributed by atoms with van der Waals surface area (Å²) < 4.78 is 82.0. The average Bonchev–Trinajstić information content (AvgIpc) is 3.00. The van der Waals surface area contributed by atoms with E-state index in [2.05, 4.69) is 0 Å². The molecule has 4 rings (SSSR count). The molecule has 13 heteroatoms. The van der Waals surface area contributed by atoms with Gasteiger partial charge in [0, 0.05) is 34.5 Å². The van der Waals surface area contributed by atoms with Crippen molar-refractivity contribution in [3.63, 3.8) is 0 Å². The fourth-order valence-corrected chi connectivity index (χ4v) is 4.86. The van der Waals surface area contributed by atoms with Crippen LogP contribution in [0.2, 0.25) is 0 Å². The van der Waals surface area contributed by atoms with Gasteiger partial charge in [-0.05, 0) is 62.4 Å². The second-order valence-electron chi connectivity index (χ2n) is 10.3. The Balaban J connectivity index is 1.81. The van der Waals surface area contributed by atoms with Crippen LogP contribution < -0.4 is 24.3 Å². The summed E-state index contributed by atoms with van der Waals surface area (Å²) in [6, 6.07) is 13.9. The first-order chi connectivity index (χ1) is 21.3. The highest BCUT2D eigenvalue weighted by Gasteiger charge is 2.39. The Hall–Kier alpha value is -4.94. The molecule has 0 saturated heterocycles. The lowest BCUT2D eigenvalue weighted by Crippen LogP contribution is -2.37. The van der Waals surface area contributed by atoms with Crippen molar-refractivity contribution in [2.45, 2.75) is 38.7 Å². The van der Waals surface area contributed by atoms with Gasteiger partial charge in [0.25, 0.3) is 6.02 Å². The lowest BCUT2D eigenvalue weighted by atomic mass is 9.90. The van der Waals surface area contributed by atoms with Crippen LogP contribution in [0.4, 0.5) is 23.2 Å². The van der Waals surface area contributed by atoms with Gasteiger partial charge < -0.3 is 33.9 Å². The number of hydrogen-bond donors (Lipinski definition) is 1. The molecule has 0 aliphatic carbocycles. The van der Waals surface area contributed by atoms with Crippen molar-refractivity contribution in [3.05, 3.63) is 88.9 Å². The van der Waals surface area contributed by atoms with Crippen molar-refractivity contribution >= 4 is 17.6 Å². The molecular weight excluding hydrogens is 598 g/mol. The molecule has 3 aromatic carbocycles. The number of aliphatic imine (C=N–C) groups is 1. The zero-order chi connectivity index (χ0) is 32.9. The molecule has 45 heavy (non-hydrogen) atoms. The van der Waals surface area contributed by atoms with E-state index >= 15 is 4.39 Å². The summed E-state index contributed by atoms with van der Waals surface area (Å²) in [7, 11) is 6.14. The zero-order valence-electron chi connectivity index (χ0n) is 25.5. The van der Waals surface area contributed by atoms with Gasteiger partial charge in [-0.1, -0.05) is 0 Å². The molecule has 3 aromatic rings. The monoisotopic (exact) mass is 631 g/mol. The van der Waals surface area contributed by atoms with Crippen LogP contribution in [0, 0.1) is 5.82 Å². The second kappa shape index (κ2) is 13.4. The smallest absolute Gasteiger partial charge is 0.471 e. The molecule has 0 fully saturated rings. The maximum atomic E-state index is 15.3. The largest absolute Gasteiger partial charge is 0.497 e. The Labute approximate surface area is 258 Å². The Morgan fingerprint density at radius 1 is 0.889 bits per heavy atom. The molecule has 1 N–H and O–H groups in total. The van der Waals surface area contributed by atoms with Gasteiger partial charge in [-0.2, -0.15) is 13.2 Å². The van der Waals surface area contributed by atoms with Crippen LogP contribution >= 0.6 is 0 Å². The molecule has 1 heterocycles. The van der Waals surface area contributed by atoms with Crippen molar-refractivity contribution in [3.8, 4) is 23.0 Å². The number of rotatable bonds is 10. The fourth-order valence-electron chi connectivity index (χ4n) is 4.86. The Kier molecular flexibility index (Phi) is 9.79. The summed E-state index contributed by atoms with van der Waals surface area (Å²) in [5.41, 5.74) is -0.269. The number of alkyl halides is 3. The molecule has 0 bridgehead atoms. The van der Waals surface area contributed by atoms with E-state index in [0.717, 1.165) is 29.3 Å². The third-order valence-electron chi connectivity index (χ3n) is 7.07. The van der Waals surface area contributed by atoms with E-state index in [1.807, 2.05) is 12.1 Å². The number of allylic oxidation sites excluding steroid dienone is 1. The van der Waals surface area contributed by atoms with Crippen LogP contribution in [0.1, 0.15) is 30.5 Å². The number of amides is 1. The van der Waals surface area contributed by atoms with E-state index in [4.69, 9.17) is 28.7 Å². The lowest BCUT2D eigenvalue weighted by Gasteiger charge is -2.34. The number of methoxy groups -OCH3 is 4. The minimum Gasteiger partial charge on any atom is -0.497 e. The van der Waals surface area contributed by atoms with E-state index in [1.54, 1.807) is 68.6 Å². The van der Waals surface area contributed by atoms with Crippen LogP contribution in [0.25, 0.3) is 0 Å². The van der Waals surface area contributed by atoms with Gasteiger partial charge in [-0.25, -0.2) is 9.38 Å². The van der Waals surface area contributed by atoms with Gasteiger partial charge in [0.15, 0.2) is 0 Å². The number of nitrogens with one attached hydrogen (secondary N) is 1. The summed E-state index contributed by atoms with van der Waals surface area (Å²) in [5.74, 6) is -0.315. The summed E-state index contributed by atoms with van der Waals surface area (Å²) in [5, 5.41) is 1.77. The third-order valence-corrected chi connectivity index (χ3v) is 7.07. The molecule has 240 valence electrons. The molecule has 0 aromatic heterocycles. The summed E-state index contributed by atoms with van der Waals surface area (Å²) >= 11 is 0. The quantitative estimate of drug-likeness (QED) is 0.253. The highest BCUT2D eigenvalue weighted by Crippen LogP contribution is 2.37. The van der Waals surface area contributed by atoms with Crippen molar-refractivity contribution in [1.82, 2.24) is 4.90 Å². The Morgan fingerprint density at radius 2 is 1.44 bits per heavy atom. The third kappa shape index (κ3) is 7.59. The van der Waals surface area contributed by atoms with E-state index in [-0.39, 0.29) is 30.4 Å². The number of amidine groups is 1. The first-order valence-corrected chi connectivity index (χ1v) is 13.6. The highest BCUT2D eigenvalue weighted by atomic mass is 19.4. The number of anilines is 1. The maximum absolute atomic E-state index is 15.3. The van der Waals surface area contributed by atoms with Gasteiger partial charge in [0.1, 0.15) is 40.1 Å². The molecule has 0 spiro atoms. The van der Waals surface area contributed by atoms with Crippen molar-refractivity contribution in [2.24, 2.45) is 4.99 Å². The Bertz CT molecular complexity index is 1570. The normalized spacial score (nSPS) is 16.1. The van der Waals surface area contributed by atoms with Crippen LogP contribution in [-0.4, -0.2) is 51.4 Å². The minimum atomic E-state index is -5.12. The molecule has 1 aliphatic heterocycles. The summed E-state index contributed by atoms with van der Waals surface area (Å²) in [6.45, 7) is 3.65. The molecule has 9 nitrogen and oxygen atoms in total. The van der Waals surface area contributed by atoms with Crippen LogP contribution in [0.3, 0.4) is 0 Å². The lowest BCUT2D eigenvalue weighted by molar-refractivity contribution is -0.167. The van der Waals surface area contributed by atoms with Gasteiger partial charge in [-0.3, -0.25) is 4.79 Å². The minimum absolute atomic E-state index is 0.0772. The average molecular weight is 632 g/mol. The van der Waals surface area contributed by atoms with E-state index in [9.17, 15) is 18.0 Å². The zero-order valence-corrected chi connectivity index (χ0v) is 25.5. The molecule has 0 radical (unpaired) electrons. The number of halogens is 4. The standard InChI is InChI=1S/C32H33F4N3O6/c1-19-16-31(2,25-13-22(9-12-26(25)33)37-29(40)32(34,35)36)38-30(45-19)39(17-20-7-10-23(41-3)14-27(20)43-5)18-21-8-11-24(42-4)15-28(21)44-6/h7-16H,17-18H2,1-6H3,(H,37,40)/t31-/m0/s1. The van der Waals surface area contributed by atoms with E-state index in [1.165, 1.54) is 14.2 Å². The molecule has 0 saturated carbocycles. The first-order valence-electron chi connectivity index (χ1n) is 13.6. The topological polar surface area (TPSA) is 90.9 Å². The molecule has 0 unspecified atom stereocenters. The number of benzene rings is 3. The molecule has 1 amide bonds. The number of nitrogens with zero attached hydrogens (tertiary/aromatic N) is 2. The maximum Gasteiger partial charge on any atom is 0.471 e. The van der Waals surface area contributed by atoms with Crippen molar-refractivity contribution in [2.75, 3.05) is 33.8 Å². The fraction of sp³-hybridized carbons (Fsp3) is 0.312. The van der Waals surface area contributed by atoms with E-state index < -0.39 is 23.4 Å². The highest BCUT2D eigenvalue weighted by molar-refractivity contribution is 5.95. The van der Waals surface area contributed by atoms with Gasteiger partial charge in [0.05, 0.1) is 41.5 Å². The number of ether oxygens (including phenoxy) is 5. The SMILES string of the molecule is COc1ccc(CN(Cc2ccc(OC)cc2OC)C2=N[C@](C)(c3cc(NC(=O)C(F)(F)F)ccc3F)C=C(C)O2)c(OC)c1. The van der Waals surface area contributed by atoms with Crippen LogP contribution in [0.5, 0.6) is 23.0 Å². The summed E-state index contributed by atoms with van der Waals surface area (Å²) in [4.78, 5) is 18.1. The predicted octanol–water partition coefficient (Wildman–Crippen LogP) is 6.57. The van der Waals surface area contributed by atoms with Crippen LogP contribution in [-0.2, 0) is 28.2 Å².